The third-order valence-electron chi connectivity index (χ3n) is 3.45. The van der Waals surface area contributed by atoms with Crippen molar-refractivity contribution in [3.63, 3.8) is 0 Å². The molecule has 1 N–H and O–H groups in total. The first kappa shape index (κ1) is 11.2. The van der Waals surface area contributed by atoms with Gasteiger partial charge in [0, 0.05) is 31.1 Å². The molecule has 2 aromatic rings. The SMILES string of the molecule is COC1CCN(C(=O)c2ccc3cn[nH]c3c2)C1. The Morgan fingerprint density at radius 1 is 1.56 bits per heavy atom. The highest BCUT2D eigenvalue weighted by atomic mass is 16.5. The zero-order valence-corrected chi connectivity index (χ0v) is 10.2. The van der Waals surface area contributed by atoms with Gasteiger partial charge in [-0.2, -0.15) is 5.10 Å². The lowest BCUT2D eigenvalue weighted by Gasteiger charge is -2.16. The van der Waals surface area contributed by atoms with Gasteiger partial charge in [-0.25, -0.2) is 0 Å². The van der Waals surface area contributed by atoms with Gasteiger partial charge in [0.1, 0.15) is 0 Å². The van der Waals surface area contributed by atoms with E-state index in [1.807, 2.05) is 23.1 Å². The van der Waals surface area contributed by atoms with Crippen LogP contribution >= 0.6 is 0 Å². The molecule has 5 heteroatoms. The molecule has 0 bridgehead atoms. The van der Waals surface area contributed by atoms with Crippen molar-refractivity contribution in [3.8, 4) is 0 Å². The van der Waals surface area contributed by atoms with Crippen LogP contribution in [0.3, 0.4) is 0 Å². The van der Waals surface area contributed by atoms with E-state index in [1.165, 1.54) is 0 Å². The number of carbonyl (C=O) groups excluding carboxylic acids is 1. The van der Waals surface area contributed by atoms with Gasteiger partial charge in [0.05, 0.1) is 17.8 Å². The van der Waals surface area contributed by atoms with Crippen LogP contribution in [-0.4, -0.2) is 47.3 Å². The lowest BCUT2D eigenvalue weighted by molar-refractivity contribution is 0.0724. The van der Waals surface area contributed by atoms with Gasteiger partial charge in [-0.3, -0.25) is 9.89 Å². The van der Waals surface area contributed by atoms with E-state index < -0.39 is 0 Å². The fourth-order valence-corrected chi connectivity index (χ4v) is 2.36. The summed E-state index contributed by atoms with van der Waals surface area (Å²) >= 11 is 0. The van der Waals surface area contributed by atoms with Gasteiger partial charge in [-0.15, -0.1) is 0 Å². The summed E-state index contributed by atoms with van der Waals surface area (Å²) in [6.07, 6.45) is 2.83. The standard InChI is InChI=1S/C13H15N3O2/c1-18-11-4-5-16(8-11)13(17)9-2-3-10-7-14-15-12(10)6-9/h2-3,6-7,11H,4-5,8H2,1H3,(H,14,15). The predicted molar refractivity (Wildman–Crippen MR) is 67.4 cm³/mol. The average molecular weight is 245 g/mol. The number of benzene rings is 1. The van der Waals surface area contributed by atoms with Crippen LogP contribution in [0.15, 0.2) is 24.4 Å². The fourth-order valence-electron chi connectivity index (χ4n) is 2.36. The summed E-state index contributed by atoms with van der Waals surface area (Å²) in [5.41, 5.74) is 1.59. The number of H-pyrrole nitrogens is 1. The molecule has 0 saturated carbocycles. The molecular weight excluding hydrogens is 230 g/mol. The number of ether oxygens (including phenoxy) is 1. The van der Waals surface area contributed by atoms with Crippen molar-refractivity contribution < 1.29 is 9.53 Å². The summed E-state index contributed by atoms with van der Waals surface area (Å²) in [6.45, 7) is 1.44. The highest BCUT2D eigenvalue weighted by molar-refractivity contribution is 5.97. The summed E-state index contributed by atoms with van der Waals surface area (Å²) in [5.74, 6) is 0.0612. The van der Waals surface area contributed by atoms with Crippen LogP contribution in [0.4, 0.5) is 0 Å². The number of aromatic amines is 1. The Hall–Kier alpha value is -1.88. The number of likely N-dealkylation sites (tertiary alicyclic amines) is 1. The average Bonchev–Trinajstić information content (AvgIpc) is 3.05. The number of fused-ring (bicyclic) bond motifs is 1. The minimum absolute atomic E-state index is 0.0612. The van der Waals surface area contributed by atoms with Crippen molar-refractivity contribution in [2.24, 2.45) is 0 Å². The second kappa shape index (κ2) is 4.42. The molecule has 1 fully saturated rings. The molecule has 1 amide bonds. The minimum atomic E-state index is 0.0612. The molecule has 1 aliphatic rings. The van der Waals surface area contributed by atoms with Crippen molar-refractivity contribution in [2.75, 3.05) is 20.2 Å². The molecule has 1 aromatic heterocycles. The van der Waals surface area contributed by atoms with Crippen LogP contribution in [0.25, 0.3) is 10.9 Å². The number of rotatable bonds is 2. The van der Waals surface area contributed by atoms with Crippen LogP contribution < -0.4 is 0 Å². The lowest BCUT2D eigenvalue weighted by Crippen LogP contribution is -2.29. The highest BCUT2D eigenvalue weighted by Gasteiger charge is 2.26. The molecule has 0 radical (unpaired) electrons. The largest absolute Gasteiger partial charge is 0.380 e. The molecule has 0 aliphatic carbocycles. The van der Waals surface area contributed by atoms with E-state index in [0.29, 0.717) is 12.1 Å². The van der Waals surface area contributed by atoms with E-state index in [9.17, 15) is 4.79 Å². The molecule has 0 spiro atoms. The van der Waals surface area contributed by atoms with Crippen molar-refractivity contribution in [2.45, 2.75) is 12.5 Å². The Morgan fingerprint density at radius 3 is 3.22 bits per heavy atom. The minimum Gasteiger partial charge on any atom is -0.380 e. The van der Waals surface area contributed by atoms with Gasteiger partial charge >= 0.3 is 0 Å². The Kier molecular flexibility index (Phi) is 2.76. The number of nitrogens with one attached hydrogen (secondary N) is 1. The zero-order valence-electron chi connectivity index (χ0n) is 10.2. The number of hydrogen-bond acceptors (Lipinski definition) is 3. The molecule has 1 aromatic carbocycles. The molecule has 2 heterocycles. The van der Waals surface area contributed by atoms with E-state index in [2.05, 4.69) is 10.2 Å². The molecule has 3 rings (SSSR count). The molecule has 1 saturated heterocycles. The van der Waals surface area contributed by atoms with Gasteiger partial charge in [-0.05, 0) is 18.6 Å². The maximum Gasteiger partial charge on any atom is 0.254 e. The molecule has 5 nitrogen and oxygen atoms in total. The first-order chi connectivity index (χ1) is 8.78. The second-order valence-corrected chi connectivity index (χ2v) is 4.57. The fraction of sp³-hybridized carbons (Fsp3) is 0.385. The number of aromatic nitrogens is 2. The van der Waals surface area contributed by atoms with Crippen LogP contribution in [0.2, 0.25) is 0 Å². The van der Waals surface area contributed by atoms with Gasteiger partial charge in [0.2, 0.25) is 0 Å². The summed E-state index contributed by atoms with van der Waals surface area (Å²) in [7, 11) is 1.69. The van der Waals surface area contributed by atoms with Crippen LogP contribution in [-0.2, 0) is 4.74 Å². The quantitative estimate of drug-likeness (QED) is 0.870. The number of carbonyl (C=O) groups is 1. The van der Waals surface area contributed by atoms with E-state index >= 15 is 0 Å². The van der Waals surface area contributed by atoms with Crippen LogP contribution in [0.1, 0.15) is 16.8 Å². The Bertz CT molecular complexity index is 578. The molecule has 1 aliphatic heterocycles. The Balaban J connectivity index is 1.83. The number of methoxy groups -OCH3 is 1. The van der Waals surface area contributed by atoms with E-state index in [1.54, 1.807) is 13.3 Å². The van der Waals surface area contributed by atoms with E-state index in [0.717, 1.165) is 23.9 Å². The predicted octanol–water partition coefficient (Wildman–Crippen LogP) is 1.42. The van der Waals surface area contributed by atoms with Gasteiger partial charge in [0.15, 0.2) is 0 Å². The van der Waals surface area contributed by atoms with Gasteiger partial charge in [0.25, 0.3) is 5.91 Å². The topological polar surface area (TPSA) is 58.2 Å². The maximum absolute atomic E-state index is 12.3. The first-order valence-corrected chi connectivity index (χ1v) is 6.03. The van der Waals surface area contributed by atoms with Gasteiger partial charge < -0.3 is 9.64 Å². The third kappa shape index (κ3) is 1.86. The van der Waals surface area contributed by atoms with E-state index in [4.69, 9.17) is 4.74 Å². The Labute approximate surface area is 105 Å². The van der Waals surface area contributed by atoms with Crippen LogP contribution in [0.5, 0.6) is 0 Å². The summed E-state index contributed by atoms with van der Waals surface area (Å²) in [5, 5.41) is 7.85. The van der Waals surface area contributed by atoms with Crippen molar-refractivity contribution in [3.05, 3.63) is 30.0 Å². The lowest BCUT2D eigenvalue weighted by atomic mass is 10.1. The number of nitrogens with zero attached hydrogens (tertiary/aromatic N) is 2. The van der Waals surface area contributed by atoms with Crippen LogP contribution in [0, 0.1) is 0 Å². The Morgan fingerprint density at radius 2 is 2.44 bits per heavy atom. The highest BCUT2D eigenvalue weighted by Crippen LogP contribution is 2.18. The third-order valence-corrected chi connectivity index (χ3v) is 3.45. The van der Waals surface area contributed by atoms with Crippen molar-refractivity contribution in [1.82, 2.24) is 15.1 Å². The maximum atomic E-state index is 12.3. The molecule has 94 valence electrons. The number of amides is 1. The summed E-state index contributed by atoms with van der Waals surface area (Å²) in [6, 6.07) is 5.61. The van der Waals surface area contributed by atoms with Gasteiger partial charge in [-0.1, -0.05) is 6.07 Å². The summed E-state index contributed by atoms with van der Waals surface area (Å²) in [4.78, 5) is 14.1. The first-order valence-electron chi connectivity index (χ1n) is 6.03. The van der Waals surface area contributed by atoms with E-state index in [-0.39, 0.29) is 12.0 Å². The zero-order chi connectivity index (χ0) is 12.5. The smallest absolute Gasteiger partial charge is 0.254 e. The normalized spacial score (nSPS) is 19.6. The van der Waals surface area contributed by atoms with Crippen molar-refractivity contribution >= 4 is 16.8 Å². The molecule has 1 unspecified atom stereocenters. The molecular formula is C13H15N3O2. The monoisotopic (exact) mass is 245 g/mol. The molecule has 18 heavy (non-hydrogen) atoms. The number of hydrogen-bond donors (Lipinski definition) is 1. The van der Waals surface area contributed by atoms with Crippen molar-refractivity contribution in [1.29, 1.82) is 0 Å². The molecule has 1 atom stereocenters. The second-order valence-electron chi connectivity index (χ2n) is 4.57. The summed E-state index contributed by atoms with van der Waals surface area (Å²) < 4.78 is 5.28.